The van der Waals surface area contributed by atoms with Crippen LogP contribution in [-0.4, -0.2) is 51.7 Å². The topological polar surface area (TPSA) is 60.9 Å². The summed E-state index contributed by atoms with van der Waals surface area (Å²) >= 11 is 12.4. The fraction of sp³-hybridized carbons (Fsp3) is 0.296. The number of carbonyl (C=O) groups excluding carboxylic acids is 1. The lowest BCUT2D eigenvalue weighted by atomic mass is 10.1. The summed E-state index contributed by atoms with van der Waals surface area (Å²) < 4.78 is 26.2. The van der Waals surface area contributed by atoms with E-state index in [1.807, 2.05) is 4.90 Å². The van der Waals surface area contributed by atoms with Gasteiger partial charge in [-0.3, -0.25) is 9.10 Å². The molecule has 9 heteroatoms. The molecule has 0 spiro atoms. The Kier molecular flexibility index (Phi) is 7.83. The quantitative estimate of drug-likeness (QED) is 0.408. The van der Waals surface area contributed by atoms with Crippen LogP contribution in [0.4, 0.5) is 11.4 Å². The molecule has 1 heterocycles. The smallest absolute Gasteiger partial charge is 0.253 e. The number of halogens is 2. The SMILES string of the molecule is Cc1cccc(N2CCN(C(=O)c3ccc(CN(c4cccc(Cl)c4Cl)S(C)(=O)=O)cc3)CC2)c1C. The maximum atomic E-state index is 13.1. The highest BCUT2D eigenvalue weighted by Gasteiger charge is 2.24. The molecule has 1 fully saturated rings. The molecule has 4 rings (SSSR count). The van der Waals surface area contributed by atoms with Gasteiger partial charge >= 0.3 is 0 Å². The maximum absolute atomic E-state index is 13.1. The van der Waals surface area contributed by atoms with Crippen molar-refractivity contribution in [3.8, 4) is 0 Å². The van der Waals surface area contributed by atoms with Gasteiger partial charge in [0.25, 0.3) is 5.91 Å². The second-order valence-electron chi connectivity index (χ2n) is 9.04. The lowest BCUT2D eigenvalue weighted by molar-refractivity contribution is 0.0746. The standard InChI is InChI=1S/C27H29Cl2N3O3S/c1-19-6-4-8-24(20(19)2)30-14-16-31(17-15-30)27(33)22-12-10-21(11-13-22)18-32(36(3,34)35)25-9-5-7-23(28)26(25)29/h4-13H,14-18H2,1-3H3. The Hall–Kier alpha value is -2.74. The van der Waals surface area contributed by atoms with Gasteiger partial charge in [-0.15, -0.1) is 0 Å². The molecule has 0 atom stereocenters. The number of hydrogen-bond donors (Lipinski definition) is 0. The summed E-state index contributed by atoms with van der Waals surface area (Å²) in [5.74, 6) is -0.0278. The van der Waals surface area contributed by atoms with E-state index in [9.17, 15) is 13.2 Å². The van der Waals surface area contributed by atoms with Crippen molar-refractivity contribution in [2.75, 3.05) is 41.6 Å². The summed E-state index contributed by atoms with van der Waals surface area (Å²) in [6.45, 7) is 7.15. The molecule has 3 aromatic carbocycles. The Labute approximate surface area is 223 Å². The van der Waals surface area contributed by atoms with E-state index in [1.165, 1.54) is 21.1 Å². The predicted octanol–water partition coefficient (Wildman–Crippen LogP) is 5.54. The molecule has 1 aliphatic rings. The fourth-order valence-electron chi connectivity index (χ4n) is 4.40. The molecule has 0 saturated carbocycles. The van der Waals surface area contributed by atoms with E-state index < -0.39 is 10.0 Å². The number of carbonyl (C=O) groups is 1. The minimum atomic E-state index is -3.62. The number of rotatable bonds is 6. The number of sulfonamides is 1. The van der Waals surface area contributed by atoms with E-state index in [0.29, 0.717) is 24.3 Å². The summed E-state index contributed by atoms with van der Waals surface area (Å²) in [6, 6.07) is 18.2. The number of aryl methyl sites for hydroxylation is 1. The molecule has 3 aromatic rings. The van der Waals surface area contributed by atoms with Crippen molar-refractivity contribution < 1.29 is 13.2 Å². The summed E-state index contributed by atoms with van der Waals surface area (Å²) in [5.41, 5.74) is 5.38. The summed E-state index contributed by atoms with van der Waals surface area (Å²) in [7, 11) is -3.62. The fourth-order valence-corrected chi connectivity index (χ4v) is 5.74. The number of benzene rings is 3. The molecule has 1 saturated heterocycles. The summed E-state index contributed by atoms with van der Waals surface area (Å²) in [6.07, 6.45) is 1.13. The monoisotopic (exact) mass is 545 g/mol. The lowest BCUT2D eigenvalue weighted by Crippen LogP contribution is -2.49. The van der Waals surface area contributed by atoms with Gasteiger partial charge in [-0.2, -0.15) is 0 Å². The minimum absolute atomic E-state index is 0.0278. The molecule has 0 N–H and O–H groups in total. The molecule has 0 radical (unpaired) electrons. The van der Waals surface area contributed by atoms with Gasteiger partial charge in [0.2, 0.25) is 10.0 Å². The Balaban J connectivity index is 1.44. The van der Waals surface area contributed by atoms with Gasteiger partial charge in [-0.05, 0) is 60.9 Å². The lowest BCUT2D eigenvalue weighted by Gasteiger charge is -2.37. The average Bonchev–Trinajstić information content (AvgIpc) is 2.86. The van der Waals surface area contributed by atoms with Gasteiger partial charge in [0.15, 0.2) is 0 Å². The van der Waals surface area contributed by atoms with Gasteiger partial charge in [0.1, 0.15) is 0 Å². The van der Waals surface area contributed by atoms with E-state index in [2.05, 4.69) is 36.9 Å². The van der Waals surface area contributed by atoms with Crippen molar-refractivity contribution in [1.82, 2.24) is 4.90 Å². The van der Waals surface area contributed by atoms with Crippen LogP contribution in [0.25, 0.3) is 0 Å². The minimum Gasteiger partial charge on any atom is -0.368 e. The zero-order chi connectivity index (χ0) is 26.0. The van der Waals surface area contributed by atoms with Crippen LogP contribution < -0.4 is 9.21 Å². The number of piperazine rings is 1. The Morgan fingerprint density at radius 1 is 0.917 bits per heavy atom. The number of amides is 1. The van der Waals surface area contributed by atoms with Crippen LogP contribution in [0.3, 0.4) is 0 Å². The van der Waals surface area contributed by atoms with Crippen LogP contribution in [-0.2, 0) is 16.6 Å². The Morgan fingerprint density at radius 2 is 1.56 bits per heavy atom. The van der Waals surface area contributed by atoms with Gasteiger partial charge < -0.3 is 9.80 Å². The normalized spacial score (nSPS) is 14.1. The first-order valence-electron chi connectivity index (χ1n) is 11.7. The second kappa shape index (κ2) is 10.7. The van der Waals surface area contributed by atoms with Gasteiger partial charge in [0, 0.05) is 37.4 Å². The molecule has 190 valence electrons. The van der Waals surface area contributed by atoms with Crippen molar-refractivity contribution in [3.63, 3.8) is 0 Å². The third-order valence-electron chi connectivity index (χ3n) is 6.61. The summed E-state index contributed by atoms with van der Waals surface area (Å²) in [5, 5.41) is 0.456. The highest BCUT2D eigenvalue weighted by molar-refractivity contribution is 7.92. The molecule has 6 nitrogen and oxygen atoms in total. The van der Waals surface area contributed by atoms with Crippen LogP contribution in [0.2, 0.25) is 10.0 Å². The molecule has 36 heavy (non-hydrogen) atoms. The Bertz CT molecular complexity index is 1370. The predicted molar refractivity (Wildman–Crippen MR) is 148 cm³/mol. The molecular formula is C27H29Cl2N3O3S. The third kappa shape index (κ3) is 5.64. The first kappa shape index (κ1) is 26.3. The van der Waals surface area contributed by atoms with Crippen molar-refractivity contribution >= 4 is 50.5 Å². The molecule has 0 unspecified atom stereocenters. The maximum Gasteiger partial charge on any atom is 0.253 e. The van der Waals surface area contributed by atoms with Gasteiger partial charge in [-0.25, -0.2) is 8.42 Å². The first-order valence-corrected chi connectivity index (χ1v) is 14.3. The molecule has 0 aromatic heterocycles. The molecular weight excluding hydrogens is 517 g/mol. The van der Waals surface area contributed by atoms with Crippen LogP contribution in [0.15, 0.2) is 60.7 Å². The van der Waals surface area contributed by atoms with E-state index in [1.54, 1.807) is 42.5 Å². The second-order valence-corrected chi connectivity index (χ2v) is 11.7. The Morgan fingerprint density at radius 3 is 2.19 bits per heavy atom. The van der Waals surface area contributed by atoms with Crippen LogP contribution >= 0.6 is 23.2 Å². The van der Waals surface area contributed by atoms with E-state index in [-0.39, 0.29) is 22.5 Å². The van der Waals surface area contributed by atoms with Crippen molar-refractivity contribution in [3.05, 3.63) is 93.0 Å². The largest absolute Gasteiger partial charge is 0.368 e. The van der Waals surface area contributed by atoms with Crippen molar-refractivity contribution in [2.24, 2.45) is 0 Å². The summed E-state index contributed by atoms with van der Waals surface area (Å²) in [4.78, 5) is 17.3. The van der Waals surface area contributed by atoms with E-state index in [4.69, 9.17) is 23.2 Å². The molecule has 0 aliphatic carbocycles. The molecule has 0 bridgehead atoms. The van der Waals surface area contributed by atoms with E-state index in [0.717, 1.165) is 24.9 Å². The van der Waals surface area contributed by atoms with Crippen molar-refractivity contribution in [1.29, 1.82) is 0 Å². The third-order valence-corrected chi connectivity index (χ3v) is 8.55. The van der Waals surface area contributed by atoms with E-state index >= 15 is 0 Å². The van der Waals surface area contributed by atoms with Crippen LogP contribution in [0.1, 0.15) is 27.0 Å². The molecule has 1 amide bonds. The number of hydrogen-bond acceptors (Lipinski definition) is 4. The van der Waals surface area contributed by atoms with Crippen LogP contribution in [0, 0.1) is 13.8 Å². The zero-order valence-electron chi connectivity index (χ0n) is 20.5. The van der Waals surface area contributed by atoms with Gasteiger partial charge in [-0.1, -0.05) is 53.5 Å². The highest BCUT2D eigenvalue weighted by Crippen LogP contribution is 2.34. The number of nitrogens with zero attached hydrogens (tertiary/aromatic N) is 3. The first-order chi connectivity index (χ1) is 17.1. The number of anilines is 2. The average molecular weight is 547 g/mol. The van der Waals surface area contributed by atoms with Gasteiger partial charge in [0.05, 0.1) is 28.5 Å². The zero-order valence-corrected chi connectivity index (χ0v) is 22.9. The molecule has 1 aliphatic heterocycles. The van der Waals surface area contributed by atoms with Crippen LogP contribution in [0.5, 0.6) is 0 Å². The highest BCUT2D eigenvalue weighted by atomic mass is 35.5. The van der Waals surface area contributed by atoms with Crippen molar-refractivity contribution in [2.45, 2.75) is 20.4 Å².